The normalized spacial score (nSPS) is 11.5. The van der Waals surface area contributed by atoms with Gasteiger partial charge in [0.1, 0.15) is 0 Å². The molecule has 0 aromatic heterocycles. The summed E-state index contributed by atoms with van der Waals surface area (Å²) in [7, 11) is -4.26. The number of benzene rings is 3. The Balaban J connectivity index is 2.21. The van der Waals surface area contributed by atoms with Crippen LogP contribution in [0.2, 0.25) is 0 Å². The maximum Gasteiger partial charge on any atom is 0.294 e. The molecular formula is C17H15NO3S. The Labute approximate surface area is 129 Å². The summed E-state index contributed by atoms with van der Waals surface area (Å²) in [6, 6.07) is 18.1. The minimum Gasteiger partial charge on any atom is -0.355 e. The van der Waals surface area contributed by atoms with Crippen molar-refractivity contribution in [3.05, 3.63) is 66.2 Å². The van der Waals surface area contributed by atoms with Crippen molar-refractivity contribution in [2.24, 2.45) is 0 Å². The molecule has 0 amide bonds. The SMILES string of the molecule is Cc1ccccc1Nc1cc(S(=O)(=O)O)cc2ccccc12. The van der Waals surface area contributed by atoms with Crippen LogP contribution < -0.4 is 5.32 Å². The molecule has 2 N–H and O–H groups in total. The van der Waals surface area contributed by atoms with Gasteiger partial charge in [-0.25, -0.2) is 0 Å². The van der Waals surface area contributed by atoms with Crippen LogP contribution >= 0.6 is 0 Å². The monoisotopic (exact) mass is 313 g/mol. The van der Waals surface area contributed by atoms with Gasteiger partial charge in [0.05, 0.1) is 4.90 Å². The van der Waals surface area contributed by atoms with Crippen LogP contribution in [0.5, 0.6) is 0 Å². The topological polar surface area (TPSA) is 66.4 Å². The van der Waals surface area contributed by atoms with Crippen LogP contribution in [0.25, 0.3) is 10.8 Å². The lowest BCUT2D eigenvalue weighted by molar-refractivity contribution is 0.483. The molecule has 0 radical (unpaired) electrons. The highest BCUT2D eigenvalue weighted by Gasteiger charge is 2.13. The highest BCUT2D eigenvalue weighted by Crippen LogP contribution is 2.30. The molecule has 5 heteroatoms. The van der Waals surface area contributed by atoms with Crippen molar-refractivity contribution in [2.45, 2.75) is 11.8 Å². The fourth-order valence-electron chi connectivity index (χ4n) is 2.39. The first-order valence-electron chi connectivity index (χ1n) is 6.78. The first-order valence-corrected chi connectivity index (χ1v) is 8.22. The molecule has 0 fully saturated rings. The van der Waals surface area contributed by atoms with E-state index in [0.29, 0.717) is 5.69 Å². The van der Waals surface area contributed by atoms with Crippen molar-refractivity contribution < 1.29 is 13.0 Å². The second-order valence-electron chi connectivity index (χ2n) is 5.11. The van der Waals surface area contributed by atoms with Gasteiger partial charge in [0.15, 0.2) is 0 Å². The van der Waals surface area contributed by atoms with Gasteiger partial charge in [-0.3, -0.25) is 4.55 Å². The average Bonchev–Trinajstić information content (AvgIpc) is 2.48. The van der Waals surface area contributed by atoms with Gasteiger partial charge in [-0.05, 0) is 36.1 Å². The largest absolute Gasteiger partial charge is 0.355 e. The van der Waals surface area contributed by atoms with Gasteiger partial charge in [-0.1, -0.05) is 42.5 Å². The Hall–Kier alpha value is -2.37. The van der Waals surface area contributed by atoms with Crippen molar-refractivity contribution in [3.8, 4) is 0 Å². The summed E-state index contributed by atoms with van der Waals surface area (Å²) in [5, 5.41) is 4.88. The lowest BCUT2D eigenvalue weighted by Gasteiger charge is -2.13. The third kappa shape index (κ3) is 2.81. The van der Waals surface area contributed by atoms with Crippen LogP contribution in [0.4, 0.5) is 11.4 Å². The lowest BCUT2D eigenvalue weighted by Crippen LogP contribution is -2.01. The van der Waals surface area contributed by atoms with E-state index in [9.17, 15) is 13.0 Å². The molecule has 3 rings (SSSR count). The minimum atomic E-state index is -4.26. The van der Waals surface area contributed by atoms with E-state index in [-0.39, 0.29) is 4.90 Å². The summed E-state index contributed by atoms with van der Waals surface area (Å²) in [5.74, 6) is 0. The Bertz CT molecular complexity index is 949. The van der Waals surface area contributed by atoms with E-state index in [1.165, 1.54) is 12.1 Å². The summed E-state index contributed by atoms with van der Waals surface area (Å²) in [5.41, 5.74) is 2.57. The standard InChI is InChI=1S/C17H15NO3S/c1-12-6-2-5-9-16(12)18-17-11-14(22(19,20)21)10-13-7-3-4-8-15(13)17/h2-11,18H,1H3,(H,19,20,21). The molecule has 0 heterocycles. The van der Waals surface area contributed by atoms with Gasteiger partial charge < -0.3 is 5.32 Å². The molecule has 0 spiro atoms. The van der Waals surface area contributed by atoms with Crippen molar-refractivity contribution in [3.63, 3.8) is 0 Å². The van der Waals surface area contributed by atoms with Crippen LogP contribution in [0.3, 0.4) is 0 Å². The predicted octanol–water partition coefficient (Wildman–Crippen LogP) is 4.14. The molecule has 0 aliphatic carbocycles. The van der Waals surface area contributed by atoms with E-state index in [2.05, 4.69) is 5.32 Å². The Kier molecular flexibility index (Phi) is 3.60. The predicted molar refractivity (Wildman–Crippen MR) is 88.2 cm³/mol. The molecule has 0 saturated heterocycles. The molecule has 0 saturated carbocycles. The van der Waals surface area contributed by atoms with E-state index >= 15 is 0 Å². The second kappa shape index (κ2) is 5.44. The van der Waals surface area contributed by atoms with Crippen molar-refractivity contribution in [1.82, 2.24) is 0 Å². The first kappa shape index (κ1) is 14.6. The summed E-state index contributed by atoms with van der Waals surface area (Å²) >= 11 is 0. The van der Waals surface area contributed by atoms with Crippen molar-refractivity contribution in [1.29, 1.82) is 0 Å². The molecule has 3 aromatic carbocycles. The van der Waals surface area contributed by atoms with Gasteiger partial charge in [-0.2, -0.15) is 8.42 Å². The number of para-hydroxylation sites is 1. The molecule has 0 bridgehead atoms. The zero-order chi connectivity index (χ0) is 15.7. The third-order valence-electron chi connectivity index (χ3n) is 3.55. The fraction of sp³-hybridized carbons (Fsp3) is 0.0588. The number of anilines is 2. The highest BCUT2D eigenvalue weighted by atomic mass is 32.2. The van der Waals surface area contributed by atoms with Crippen LogP contribution in [-0.4, -0.2) is 13.0 Å². The second-order valence-corrected chi connectivity index (χ2v) is 6.53. The first-order chi connectivity index (χ1) is 10.4. The van der Waals surface area contributed by atoms with Crippen molar-refractivity contribution >= 4 is 32.3 Å². The van der Waals surface area contributed by atoms with Crippen LogP contribution in [0.15, 0.2) is 65.6 Å². The van der Waals surface area contributed by atoms with Gasteiger partial charge in [0, 0.05) is 16.8 Å². The number of fused-ring (bicyclic) bond motifs is 1. The van der Waals surface area contributed by atoms with E-state index in [1.807, 2.05) is 55.5 Å². The van der Waals surface area contributed by atoms with Crippen molar-refractivity contribution in [2.75, 3.05) is 5.32 Å². The van der Waals surface area contributed by atoms with Gasteiger partial charge in [0.2, 0.25) is 0 Å². The molecule has 22 heavy (non-hydrogen) atoms. The van der Waals surface area contributed by atoms with E-state index < -0.39 is 10.1 Å². The van der Waals surface area contributed by atoms with Crippen LogP contribution in [0, 0.1) is 6.92 Å². The Morgan fingerprint density at radius 2 is 1.59 bits per heavy atom. The molecule has 0 aliphatic rings. The zero-order valence-corrected chi connectivity index (χ0v) is 12.8. The summed E-state index contributed by atoms with van der Waals surface area (Å²) in [6.45, 7) is 1.97. The maximum atomic E-state index is 11.5. The number of rotatable bonds is 3. The molecule has 0 aliphatic heterocycles. The highest BCUT2D eigenvalue weighted by molar-refractivity contribution is 7.85. The summed E-state index contributed by atoms with van der Waals surface area (Å²) in [6.07, 6.45) is 0. The fourth-order valence-corrected chi connectivity index (χ4v) is 2.94. The minimum absolute atomic E-state index is 0.123. The Morgan fingerprint density at radius 1 is 0.909 bits per heavy atom. The third-order valence-corrected chi connectivity index (χ3v) is 4.38. The molecule has 0 atom stereocenters. The van der Waals surface area contributed by atoms with E-state index in [1.54, 1.807) is 0 Å². The molecule has 3 aromatic rings. The smallest absolute Gasteiger partial charge is 0.294 e. The van der Waals surface area contributed by atoms with E-state index in [4.69, 9.17) is 0 Å². The number of aryl methyl sites for hydroxylation is 1. The molecule has 112 valence electrons. The molecular weight excluding hydrogens is 298 g/mol. The quantitative estimate of drug-likeness (QED) is 0.713. The lowest BCUT2D eigenvalue weighted by atomic mass is 10.1. The average molecular weight is 313 g/mol. The summed E-state index contributed by atoms with van der Waals surface area (Å²) in [4.78, 5) is -0.123. The Morgan fingerprint density at radius 3 is 2.32 bits per heavy atom. The summed E-state index contributed by atoms with van der Waals surface area (Å²) < 4.78 is 32.3. The van der Waals surface area contributed by atoms with Crippen LogP contribution in [0.1, 0.15) is 5.56 Å². The van der Waals surface area contributed by atoms with Gasteiger partial charge in [-0.15, -0.1) is 0 Å². The van der Waals surface area contributed by atoms with E-state index in [0.717, 1.165) is 22.0 Å². The van der Waals surface area contributed by atoms with Crippen LogP contribution in [-0.2, 0) is 10.1 Å². The molecule has 4 nitrogen and oxygen atoms in total. The number of hydrogen-bond donors (Lipinski definition) is 2. The zero-order valence-electron chi connectivity index (χ0n) is 11.9. The van der Waals surface area contributed by atoms with Gasteiger partial charge >= 0.3 is 0 Å². The van der Waals surface area contributed by atoms with Gasteiger partial charge in [0.25, 0.3) is 10.1 Å². The molecule has 0 unspecified atom stereocenters. The number of nitrogens with one attached hydrogen (secondary N) is 1. The number of hydrogen-bond acceptors (Lipinski definition) is 3. The maximum absolute atomic E-state index is 11.5.